The summed E-state index contributed by atoms with van der Waals surface area (Å²) < 4.78 is 0. The first kappa shape index (κ1) is 13.4. The van der Waals surface area contributed by atoms with Crippen LogP contribution in [0.5, 0.6) is 0 Å². The van der Waals surface area contributed by atoms with Crippen LogP contribution in [-0.2, 0) is 4.79 Å². The normalized spacial score (nSPS) is 31.3. The lowest BCUT2D eigenvalue weighted by Gasteiger charge is -2.38. The van der Waals surface area contributed by atoms with E-state index in [0.717, 1.165) is 25.9 Å². The zero-order chi connectivity index (χ0) is 13.5. The fourth-order valence-corrected chi connectivity index (χ4v) is 3.70. The lowest BCUT2D eigenvalue weighted by Crippen LogP contribution is -2.64. The Labute approximate surface area is 116 Å². The van der Waals surface area contributed by atoms with Gasteiger partial charge in [-0.25, -0.2) is 0 Å². The molecule has 2 saturated carbocycles. The van der Waals surface area contributed by atoms with Gasteiger partial charge in [-0.1, -0.05) is 6.92 Å². The van der Waals surface area contributed by atoms with Crippen LogP contribution in [-0.4, -0.2) is 41.5 Å². The summed E-state index contributed by atoms with van der Waals surface area (Å²) in [4.78, 5) is 14.7. The van der Waals surface area contributed by atoms with Gasteiger partial charge in [-0.15, -0.1) is 0 Å². The molecule has 2 aliphatic carbocycles. The second-order valence-corrected chi connectivity index (χ2v) is 6.70. The molecule has 3 fully saturated rings. The van der Waals surface area contributed by atoms with E-state index in [-0.39, 0.29) is 5.91 Å². The lowest BCUT2D eigenvalue weighted by molar-refractivity contribution is -0.126. The first-order valence-electron chi connectivity index (χ1n) is 7.97. The van der Waals surface area contributed by atoms with Crippen molar-refractivity contribution in [1.82, 2.24) is 10.2 Å². The predicted molar refractivity (Wildman–Crippen MR) is 75.7 cm³/mol. The average molecular weight is 265 g/mol. The topological polar surface area (TPSA) is 58.4 Å². The molecule has 2 unspecified atom stereocenters. The molecule has 0 spiro atoms. The number of likely N-dealkylation sites (tertiary alicyclic amines) is 1. The third-order valence-electron chi connectivity index (χ3n) is 5.18. The van der Waals surface area contributed by atoms with E-state index in [9.17, 15) is 4.79 Å². The van der Waals surface area contributed by atoms with Crippen LogP contribution in [0.15, 0.2) is 0 Å². The molecule has 0 aromatic heterocycles. The van der Waals surface area contributed by atoms with Crippen LogP contribution in [0, 0.1) is 5.92 Å². The summed E-state index contributed by atoms with van der Waals surface area (Å²) in [6.07, 6.45) is 8.46. The summed E-state index contributed by atoms with van der Waals surface area (Å²) >= 11 is 0. The average Bonchev–Trinajstić information content (AvgIpc) is 3.27. The van der Waals surface area contributed by atoms with Gasteiger partial charge in [0.25, 0.3) is 0 Å². The van der Waals surface area contributed by atoms with Gasteiger partial charge in [0.05, 0.1) is 0 Å². The molecule has 1 heterocycles. The molecular weight excluding hydrogens is 238 g/mol. The third kappa shape index (κ3) is 2.65. The molecule has 1 aliphatic heterocycles. The third-order valence-corrected chi connectivity index (χ3v) is 5.18. The van der Waals surface area contributed by atoms with Crippen molar-refractivity contribution in [3.8, 4) is 0 Å². The Bertz CT molecular complexity index is 351. The van der Waals surface area contributed by atoms with Crippen molar-refractivity contribution >= 4 is 5.91 Å². The number of primary amides is 1. The Balaban J connectivity index is 1.75. The summed E-state index contributed by atoms with van der Waals surface area (Å²) in [7, 11) is 0. The number of nitrogens with one attached hydrogen (secondary N) is 1. The number of hydrogen-bond donors (Lipinski definition) is 2. The van der Waals surface area contributed by atoms with Gasteiger partial charge in [0.2, 0.25) is 5.91 Å². The van der Waals surface area contributed by atoms with Crippen molar-refractivity contribution in [2.24, 2.45) is 11.7 Å². The minimum Gasteiger partial charge on any atom is -0.368 e. The number of carbonyl (C=O) groups is 1. The van der Waals surface area contributed by atoms with Crippen LogP contribution >= 0.6 is 0 Å². The van der Waals surface area contributed by atoms with E-state index in [1.807, 2.05) is 0 Å². The van der Waals surface area contributed by atoms with E-state index < -0.39 is 5.54 Å². The maximum absolute atomic E-state index is 12.2. The molecule has 3 aliphatic rings. The van der Waals surface area contributed by atoms with Crippen molar-refractivity contribution < 1.29 is 4.79 Å². The summed E-state index contributed by atoms with van der Waals surface area (Å²) in [6.45, 7) is 4.22. The quantitative estimate of drug-likeness (QED) is 0.728. The standard InChI is InChI=1S/C15H27N3O/c1-2-13-4-3-9-18(13)10-15(14(16)19,11-5-6-11)17-12-7-8-12/h11-13,17H,2-10H2,1H3,(H2,16,19). The summed E-state index contributed by atoms with van der Waals surface area (Å²) in [5.41, 5.74) is 5.38. The Hall–Kier alpha value is -0.610. The number of amides is 1. The highest BCUT2D eigenvalue weighted by molar-refractivity contribution is 5.86. The molecule has 3 N–H and O–H groups in total. The predicted octanol–water partition coefficient (Wildman–Crippen LogP) is 1.25. The number of rotatable bonds is 7. The van der Waals surface area contributed by atoms with Crippen LogP contribution in [0.25, 0.3) is 0 Å². The fraction of sp³-hybridized carbons (Fsp3) is 0.933. The maximum Gasteiger partial charge on any atom is 0.239 e. The molecule has 0 aromatic carbocycles. The van der Waals surface area contributed by atoms with Crippen LogP contribution in [0.4, 0.5) is 0 Å². The lowest BCUT2D eigenvalue weighted by atomic mass is 9.90. The minimum atomic E-state index is -0.446. The van der Waals surface area contributed by atoms with Crippen molar-refractivity contribution in [2.45, 2.75) is 69.5 Å². The molecular formula is C15H27N3O. The van der Waals surface area contributed by atoms with Gasteiger partial charge >= 0.3 is 0 Å². The van der Waals surface area contributed by atoms with Gasteiger partial charge in [0, 0.05) is 18.6 Å². The highest BCUT2D eigenvalue weighted by atomic mass is 16.1. The Morgan fingerprint density at radius 2 is 2.05 bits per heavy atom. The highest BCUT2D eigenvalue weighted by Gasteiger charge is 2.53. The van der Waals surface area contributed by atoms with Crippen molar-refractivity contribution in [3.63, 3.8) is 0 Å². The zero-order valence-corrected chi connectivity index (χ0v) is 12.0. The second kappa shape index (κ2) is 5.06. The summed E-state index contributed by atoms with van der Waals surface area (Å²) in [5, 5.41) is 3.62. The van der Waals surface area contributed by atoms with Gasteiger partial charge in [-0.3, -0.25) is 15.0 Å². The van der Waals surface area contributed by atoms with Crippen LogP contribution in [0.2, 0.25) is 0 Å². The largest absolute Gasteiger partial charge is 0.368 e. The highest BCUT2D eigenvalue weighted by Crippen LogP contribution is 2.42. The zero-order valence-electron chi connectivity index (χ0n) is 12.0. The molecule has 3 rings (SSSR count). The summed E-state index contributed by atoms with van der Waals surface area (Å²) in [6, 6.07) is 1.19. The number of nitrogens with two attached hydrogens (primary N) is 1. The van der Waals surface area contributed by atoms with E-state index in [1.54, 1.807) is 0 Å². The molecule has 1 saturated heterocycles. The first-order valence-corrected chi connectivity index (χ1v) is 7.97. The monoisotopic (exact) mass is 265 g/mol. The maximum atomic E-state index is 12.2. The summed E-state index contributed by atoms with van der Waals surface area (Å²) in [5.74, 6) is 0.354. The van der Waals surface area contributed by atoms with Gasteiger partial charge < -0.3 is 5.73 Å². The molecule has 4 nitrogen and oxygen atoms in total. The fourth-order valence-electron chi connectivity index (χ4n) is 3.70. The molecule has 1 amide bonds. The van der Waals surface area contributed by atoms with Crippen molar-refractivity contribution in [3.05, 3.63) is 0 Å². The Morgan fingerprint density at radius 1 is 1.32 bits per heavy atom. The van der Waals surface area contributed by atoms with E-state index in [2.05, 4.69) is 17.1 Å². The molecule has 4 heteroatoms. The number of hydrogen-bond acceptors (Lipinski definition) is 3. The van der Waals surface area contributed by atoms with E-state index in [0.29, 0.717) is 18.0 Å². The van der Waals surface area contributed by atoms with Gasteiger partial charge in [-0.2, -0.15) is 0 Å². The van der Waals surface area contributed by atoms with E-state index in [4.69, 9.17) is 5.73 Å². The second-order valence-electron chi connectivity index (χ2n) is 6.70. The molecule has 2 atom stereocenters. The van der Waals surface area contributed by atoms with Crippen molar-refractivity contribution in [1.29, 1.82) is 0 Å². The van der Waals surface area contributed by atoms with E-state index in [1.165, 1.54) is 32.1 Å². The molecule has 0 radical (unpaired) electrons. The molecule has 0 aromatic rings. The van der Waals surface area contributed by atoms with Crippen molar-refractivity contribution in [2.75, 3.05) is 13.1 Å². The Morgan fingerprint density at radius 3 is 2.58 bits per heavy atom. The van der Waals surface area contributed by atoms with Gasteiger partial charge in [-0.05, 0) is 57.4 Å². The molecule has 0 bridgehead atoms. The van der Waals surface area contributed by atoms with E-state index >= 15 is 0 Å². The minimum absolute atomic E-state index is 0.122. The molecule has 108 valence electrons. The Kier molecular flexibility index (Phi) is 3.56. The number of carbonyl (C=O) groups excluding carboxylic acids is 1. The SMILES string of the molecule is CCC1CCCN1CC(NC1CC1)(C(N)=O)C1CC1. The number of nitrogens with zero attached hydrogens (tertiary/aromatic N) is 1. The van der Waals surface area contributed by atoms with Crippen LogP contribution in [0.3, 0.4) is 0 Å². The molecule has 19 heavy (non-hydrogen) atoms. The smallest absolute Gasteiger partial charge is 0.239 e. The van der Waals surface area contributed by atoms with Gasteiger partial charge in [0.15, 0.2) is 0 Å². The van der Waals surface area contributed by atoms with Crippen LogP contribution < -0.4 is 11.1 Å². The van der Waals surface area contributed by atoms with Crippen LogP contribution in [0.1, 0.15) is 51.9 Å². The van der Waals surface area contributed by atoms with Gasteiger partial charge in [0.1, 0.15) is 5.54 Å². The first-order chi connectivity index (χ1) is 9.15.